The van der Waals surface area contributed by atoms with Gasteiger partial charge in [0.05, 0.1) is 12.3 Å². The van der Waals surface area contributed by atoms with Gasteiger partial charge in [0.2, 0.25) is 5.72 Å². The van der Waals surface area contributed by atoms with Crippen LogP contribution in [0.5, 0.6) is 0 Å². The smallest absolute Gasteiger partial charge is 0.350 e. The lowest BCUT2D eigenvalue weighted by atomic mass is 9.68. The molecule has 1 unspecified atom stereocenters. The van der Waals surface area contributed by atoms with Crippen molar-refractivity contribution < 1.29 is 17.9 Å². The molecule has 1 spiro atoms. The Kier molecular flexibility index (Phi) is 3.76. The van der Waals surface area contributed by atoms with Gasteiger partial charge in [0.25, 0.3) is 0 Å². The second kappa shape index (κ2) is 4.92. The maximum Gasteiger partial charge on any atom is 0.432 e. The van der Waals surface area contributed by atoms with Gasteiger partial charge in [0.15, 0.2) is 0 Å². The van der Waals surface area contributed by atoms with Crippen molar-refractivity contribution in [2.75, 3.05) is 6.61 Å². The van der Waals surface area contributed by atoms with Crippen LogP contribution >= 0.6 is 0 Å². The third-order valence-corrected chi connectivity index (χ3v) is 4.28. The first kappa shape index (κ1) is 14.5. The minimum atomic E-state index is -4.62. The number of hydrazone groups is 1. The Morgan fingerprint density at radius 2 is 1.84 bits per heavy atom. The van der Waals surface area contributed by atoms with Gasteiger partial charge in [-0.05, 0) is 12.8 Å². The van der Waals surface area contributed by atoms with E-state index in [1.165, 1.54) is 0 Å². The lowest BCUT2D eigenvalue weighted by molar-refractivity contribution is -0.300. The average Bonchev–Trinajstić information content (AvgIpc) is 2.39. The SMILES string of the molecule is NN=C1CC(NN)(C(F)(F)F)OCC12CCCCC2. The summed E-state index contributed by atoms with van der Waals surface area (Å²) < 4.78 is 44.4. The molecule has 1 aliphatic carbocycles. The van der Waals surface area contributed by atoms with Crippen molar-refractivity contribution in [1.29, 1.82) is 0 Å². The van der Waals surface area contributed by atoms with Crippen LogP contribution in [-0.4, -0.2) is 24.2 Å². The van der Waals surface area contributed by atoms with Crippen molar-refractivity contribution in [2.24, 2.45) is 22.2 Å². The van der Waals surface area contributed by atoms with Gasteiger partial charge in [-0.25, -0.2) is 5.43 Å². The molecular formula is C11H19F3N4O. The first-order chi connectivity index (χ1) is 8.89. The second-order valence-corrected chi connectivity index (χ2v) is 5.35. The predicted molar refractivity (Wildman–Crippen MR) is 63.8 cm³/mol. The maximum absolute atomic E-state index is 13.1. The second-order valence-electron chi connectivity index (χ2n) is 5.35. The summed E-state index contributed by atoms with van der Waals surface area (Å²) in [5.74, 6) is 10.4. The summed E-state index contributed by atoms with van der Waals surface area (Å²) in [5, 5.41) is 3.62. The molecule has 110 valence electrons. The highest BCUT2D eigenvalue weighted by atomic mass is 19.4. The van der Waals surface area contributed by atoms with Crippen LogP contribution in [0.15, 0.2) is 5.10 Å². The molecular weight excluding hydrogens is 261 g/mol. The van der Waals surface area contributed by atoms with Crippen molar-refractivity contribution in [1.82, 2.24) is 5.43 Å². The molecule has 1 aliphatic heterocycles. The minimum Gasteiger partial charge on any atom is -0.350 e. The summed E-state index contributed by atoms with van der Waals surface area (Å²) in [6.45, 7) is -0.0489. The summed E-state index contributed by atoms with van der Waals surface area (Å²) in [6, 6.07) is 0. The van der Waals surface area contributed by atoms with Gasteiger partial charge >= 0.3 is 6.18 Å². The number of nitrogens with one attached hydrogen (secondary N) is 1. The van der Waals surface area contributed by atoms with Gasteiger partial charge < -0.3 is 10.6 Å². The number of hydrazine groups is 1. The van der Waals surface area contributed by atoms with Crippen LogP contribution in [-0.2, 0) is 4.74 Å². The fourth-order valence-electron chi connectivity index (χ4n) is 3.02. The fraction of sp³-hybridized carbons (Fsp3) is 0.909. The molecule has 1 saturated heterocycles. The Morgan fingerprint density at radius 1 is 1.21 bits per heavy atom. The summed E-state index contributed by atoms with van der Waals surface area (Å²) in [6.07, 6.45) is -0.547. The first-order valence-electron chi connectivity index (χ1n) is 6.35. The normalized spacial score (nSPS) is 33.8. The molecule has 0 aromatic rings. The standard InChI is InChI=1S/C11H19F3N4O/c12-11(13,14)10(18-16)6-8(17-15)9(7-19-10)4-2-1-3-5-9/h18H,1-7,15-16H2. The minimum absolute atomic E-state index is 0.0489. The summed E-state index contributed by atoms with van der Waals surface area (Å²) in [4.78, 5) is 0. The largest absolute Gasteiger partial charge is 0.432 e. The molecule has 2 rings (SSSR count). The molecule has 1 saturated carbocycles. The molecule has 1 heterocycles. The number of hydrogen-bond donors (Lipinski definition) is 3. The molecule has 2 fully saturated rings. The van der Waals surface area contributed by atoms with E-state index in [1.54, 1.807) is 5.43 Å². The van der Waals surface area contributed by atoms with Crippen LogP contribution in [0, 0.1) is 5.41 Å². The fourth-order valence-corrected chi connectivity index (χ4v) is 3.02. The number of nitrogens with two attached hydrogens (primary N) is 2. The predicted octanol–water partition coefficient (Wildman–Crippen LogP) is 1.39. The zero-order valence-electron chi connectivity index (χ0n) is 10.6. The highest BCUT2D eigenvalue weighted by molar-refractivity contribution is 5.91. The van der Waals surface area contributed by atoms with Crippen molar-refractivity contribution in [2.45, 2.75) is 50.4 Å². The van der Waals surface area contributed by atoms with Gasteiger partial charge in [-0.15, -0.1) is 0 Å². The highest BCUT2D eigenvalue weighted by Crippen LogP contribution is 2.47. The number of hydrogen-bond acceptors (Lipinski definition) is 5. The monoisotopic (exact) mass is 280 g/mol. The maximum atomic E-state index is 13.1. The van der Waals surface area contributed by atoms with Crippen molar-refractivity contribution in [3.63, 3.8) is 0 Å². The lowest BCUT2D eigenvalue weighted by Crippen LogP contribution is -2.67. The van der Waals surface area contributed by atoms with Gasteiger partial charge in [-0.1, -0.05) is 19.3 Å². The molecule has 8 heteroatoms. The van der Waals surface area contributed by atoms with E-state index in [-0.39, 0.29) is 6.61 Å². The molecule has 19 heavy (non-hydrogen) atoms. The number of nitrogens with zero attached hydrogens (tertiary/aromatic N) is 1. The van der Waals surface area contributed by atoms with E-state index in [0.29, 0.717) is 5.71 Å². The first-order valence-corrected chi connectivity index (χ1v) is 6.35. The number of alkyl halides is 3. The average molecular weight is 280 g/mol. The molecule has 0 aromatic heterocycles. The molecule has 1 atom stereocenters. The topological polar surface area (TPSA) is 85.7 Å². The van der Waals surface area contributed by atoms with Gasteiger partial charge in [-0.3, -0.25) is 5.84 Å². The van der Waals surface area contributed by atoms with Crippen LogP contribution in [0.1, 0.15) is 38.5 Å². The van der Waals surface area contributed by atoms with E-state index < -0.39 is 23.7 Å². The Morgan fingerprint density at radius 3 is 2.32 bits per heavy atom. The molecule has 2 aliphatic rings. The number of rotatable bonds is 1. The Labute approximate surface area is 109 Å². The summed E-state index contributed by atoms with van der Waals surface area (Å²) >= 11 is 0. The van der Waals surface area contributed by atoms with Crippen molar-refractivity contribution in [3.8, 4) is 0 Å². The van der Waals surface area contributed by atoms with E-state index >= 15 is 0 Å². The van der Waals surface area contributed by atoms with Crippen LogP contribution in [0.2, 0.25) is 0 Å². The Hall–Kier alpha value is -0.860. The summed E-state index contributed by atoms with van der Waals surface area (Å²) in [7, 11) is 0. The molecule has 0 aromatic carbocycles. The summed E-state index contributed by atoms with van der Waals surface area (Å²) in [5.41, 5.74) is -0.906. The zero-order valence-corrected chi connectivity index (χ0v) is 10.6. The highest BCUT2D eigenvalue weighted by Gasteiger charge is 2.61. The Bertz CT molecular complexity index is 365. The zero-order chi connectivity index (χ0) is 14.1. The van der Waals surface area contributed by atoms with Crippen molar-refractivity contribution >= 4 is 5.71 Å². The van der Waals surface area contributed by atoms with Crippen LogP contribution in [0.4, 0.5) is 13.2 Å². The van der Waals surface area contributed by atoms with Gasteiger partial charge in [0.1, 0.15) is 0 Å². The quantitative estimate of drug-likeness (QED) is 0.500. The molecule has 5 N–H and O–H groups in total. The van der Waals surface area contributed by atoms with E-state index in [0.717, 1.165) is 32.1 Å². The van der Waals surface area contributed by atoms with E-state index in [2.05, 4.69) is 5.10 Å². The third kappa shape index (κ3) is 2.32. The number of halogens is 3. The molecule has 0 radical (unpaired) electrons. The van der Waals surface area contributed by atoms with E-state index in [4.69, 9.17) is 16.4 Å². The Balaban J connectivity index is 2.27. The molecule has 0 amide bonds. The molecule has 0 bridgehead atoms. The van der Waals surface area contributed by atoms with E-state index in [1.807, 2.05) is 0 Å². The third-order valence-electron chi connectivity index (χ3n) is 4.28. The van der Waals surface area contributed by atoms with Crippen molar-refractivity contribution in [3.05, 3.63) is 0 Å². The van der Waals surface area contributed by atoms with Gasteiger partial charge in [-0.2, -0.15) is 18.3 Å². The number of ether oxygens (including phenoxy) is 1. The molecule has 5 nitrogen and oxygen atoms in total. The van der Waals surface area contributed by atoms with Crippen LogP contribution in [0.3, 0.4) is 0 Å². The van der Waals surface area contributed by atoms with Crippen LogP contribution < -0.4 is 17.1 Å². The van der Waals surface area contributed by atoms with E-state index in [9.17, 15) is 13.2 Å². The lowest BCUT2D eigenvalue weighted by Gasteiger charge is -2.48. The van der Waals surface area contributed by atoms with Gasteiger partial charge in [0, 0.05) is 11.8 Å². The van der Waals surface area contributed by atoms with Crippen LogP contribution in [0.25, 0.3) is 0 Å².